The highest BCUT2D eigenvalue weighted by Crippen LogP contribution is 2.25. The van der Waals surface area contributed by atoms with Gasteiger partial charge in [0, 0.05) is 22.3 Å². The fraction of sp³-hybridized carbons (Fsp3) is 0.105. The number of ether oxygens (including phenoxy) is 1. The molecule has 6 heteroatoms. The molecule has 0 fully saturated rings. The van der Waals surface area contributed by atoms with Crippen molar-refractivity contribution in [2.75, 3.05) is 11.9 Å². The fourth-order valence-corrected chi connectivity index (χ4v) is 2.96. The van der Waals surface area contributed by atoms with Crippen LogP contribution in [0.1, 0.15) is 11.3 Å². The van der Waals surface area contributed by atoms with Gasteiger partial charge in [-0.2, -0.15) is 5.26 Å². The third-order valence-corrected chi connectivity index (χ3v) is 4.40. The standard InChI is InChI=1S/C19H15N3O2S/c1-13-12-25-19(21-13)15-4-8-17(9-5-15)24-11-18(23)22-16-6-2-14(10-20)3-7-16/h2-9,12H,11H2,1H3,(H,22,23). The van der Waals surface area contributed by atoms with Crippen LogP contribution in [-0.2, 0) is 4.79 Å². The molecule has 0 radical (unpaired) electrons. The van der Waals surface area contributed by atoms with Gasteiger partial charge in [-0.05, 0) is 55.5 Å². The average Bonchev–Trinajstić information content (AvgIpc) is 3.07. The van der Waals surface area contributed by atoms with Crippen LogP contribution < -0.4 is 10.1 Å². The summed E-state index contributed by atoms with van der Waals surface area (Å²) in [6, 6.07) is 16.2. The molecule has 5 nitrogen and oxygen atoms in total. The lowest BCUT2D eigenvalue weighted by Gasteiger charge is -2.08. The maximum absolute atomic E-state index is 11.9. The molecule has 1 N–H and O–H groups in total. The number of benzene rings is 2. The fourth-order valence-electron chi connectivity index (χ4n) is 2.15. The summed E-state index contributed by atoms with van der Waals surface area (Å²) >= 11 is 1.59. The number of thiazole rings is 1. The number of nitriles is 1. The lowest BCUT2D eigenvalue weighted by Crippen LogP contribution is -2.20. The van der Waals surface area contributed by atoms with Gasteiger partial charge in [0.2, 0.25) is 0 Å². The zero-order valence-electron chi connectivity index (χ0n) is 13.5. The second-order valence-corrected chi connectivity index (χ2v) is 6.20. The molecule has 3 rings (SSSR count). The molecule has 1 heterocycles. The summed E-state index contributed by atoms with van der Waals surface area (Å²) in [5.41, 5.74) is 3.19. The number of nitrogens with zero attached hydrogens (tertiary/aromatic N) is 2. The third kappa shape index (κ3) is 4.43. The van der Waals surface area contributed by atoms with E-state index in [0.29, 0.717) is 17.0 Å². The molecule has 0 aliphatic heterocycles. The van der Waals surface area contributed by atoms with E-state index in [2.05, 4.69) is 10.3 Å². The molecule has 124 valence electrons. The Morgan fingerprint density at radius 2 is 1.92 bits per heavy atom. The highest BCUT2D eigenvalue weighted by molar-refractivity contribution is 7.13. The number of aromatic nitrogens is 1. The molecular weight excluding hydrogens is 334 g/mol. The van der Waals surface area contributed by atoms with Crippen LogP contribution in [0.15, 0.2) is 53.9 Å². The van der Waals surface area contributed by atoms with Gasteiger partial charge in [-0.3, -0.25) is 4.79 Å². The minimum Gasteiger partial charge on any atom is -0.484 e. The minimum atomic E-state index is -0.260. The first-order chi connectivity index (χ1) is 12.1. The molecule has 0 spiro atoms. The first kappa shape index (κ1) is 16.7. The van der Waals surface area contributed by atoms with Crippen molar-refractivity contribution in [3.05, 3.63) is 65.2 Å². The van der Waals surface area contributed by atoms with Crippen molar-refractivity contribution < 1.29 is 9.53 Å². The lowest BCUT2D eigenvalue weighted by atomic mass is 10.2. The van der Waals surface area contributed by atoms with Crippen molar-refractivity contribution in [3.8, 4) is 22.4 Å². The van der Waals surface area contributed by atoms with Gasteiger partial charge in [0.15, 0.2) is 6.61 Å². The number of hydrogen-bond acceptors (Lipinski definition) is 5. The van der Waals surface area contributed by atoms with E-state index in [1.165, 1.54) is 0 Å². The molecule has 1 amide bonds. The van der Waals surface area contributed by atoms with Crippen molar-refractivity contribution in [2.24, 2.45) is 0 Å². The second kappa shape index (κ2) is 7.60. The largest absolute Gasteiger partial charge is 0.484 e. The van der Waals surface area contributed by atoms with E-state index >= 15 is 0 Å². The predicted molar refractivity (Wildman–Crippen MR) is 97.6 cm³/mol. The van der Waals surface area contributed by atoms with Crippen LogP contribution in [0.3, 0.4) is 0 Å². The third-order valence-electron chi connectivity index (χ3n) is 3.39. The molecule has 0 saturated carbocycles. The number of nitrogens with one attached hydrogen (secondary N) is 1. The van der Waals surface area contributed by atoms with Gasteiger partial charge in [-0.15, -0.1) is 11.3 Å². The zero-order chi connectivity index (χ0) is 17.6. The van der Waals surface area contributed by atoms with Crippen molar-refractivity contribution >= 4 is 22.9 Å². The van der Waals surface area contributed by atoms with E-state index in [9.17, 15) is 4.79 Å². The first-order valence-electron chi connectivity index (χ1n) is 7.59. The molecule has 0 bridgehead atoms. The number of carbonyl (C=O) groups excluding carboxylic acids is 1. The maximum Gasteiger partial charge on any atom is 0.262 e. The van der Waals surface area contributed by atoms with Gasteiger partial charge in [0.25, 0.3) is 5.91 Å². The Labute approximate surface area is 149 Å². The van der Waals surface area contributed by atoms with Crippen molar-refractivity contribution in [1.82, 2.24) is 4.98 Å². The lowest BCUT2D eigenvalue weighted by molar-refractivity contribution is -0.118. The summed E-state index contributed by atoms with van der Waals surface area (Å²) in [4.78, 5) is 16.4. The van der Waals surface area contributed by atoms with Crippen LogP contribution >= 0.6 is 11.3 Å². The Balaban J connectivity index is 1.54. The molecule has 0 atom stereocenters. The number of carbonyl (C=O) groups is 1. The summed E-state index contributed by atoms with van der Waals surface area (Å²) in [6.07, 6.45) is 0. The number of rotatable bonds is 5. The van der Waals surface area contributed by atoms with Crippen LogP contribution in [0.2, 0.25) is 0 Å². The normalized spacial score (nSPS) is 10.1. The maximum atomic E-state index is 11.9. The summed E-state index contributed by atoms with van der Waals surface area (Å²) < 4.78 is 5.50. The summed E-state index contributed by atoms with van der Waals surface area (Å²) in [5.74, 6) is 0.358. The molecule has 0 saturated heterocycles. The SMILES string of the molecule is Cc1csc(-c2ccc(OCC(=O)Nc3ccc(C#N)cc3)cc2)n1. The van der Waals surface area contributed by atoms with Crippen LogP contribution in [0.5, 0.6) is 5.75 Å². The van der Waals surface area contributed by atoms with Gasteiger partial charge < -0.3 is 10.1 Å². The van der Waals surface area contributed by atoms with E-state index in [1.54, 1.807) is 35.6 Å². The number of aryl methyl sites for hydroxylation is 1. The van der Waals surface area contributed by atoms with Crippen molar-refractivity contribution in [2.45, 2.75) is 6.92 Å². The summed E-state index contributed by atoms with van der Waals surface area (Å²) in [7, 11) is 0. The monoisotopic (exact) mass is 349 g/mol. The van der Waals surface area contributed by atoms with Crippen LogP contribution in [0.4, 0.5) is 5.69 Å². The Hall–Kier alpha value is -3.17. The minimum absolute atomic E-state index is 0.0876. The molecular formula is C19H15N3O2S. The Morgan fingerprint density at radius 1 is 1.20 bits per heavy atom. The average molecular weight is 349 g/mol. The van der Waals surface area contributed by atoms with E-state index in [4.69, 9.17) is 10.00 Å². The predicted octanol–water partition coefficient (Wildman–Crippen LogP) is 4.01. The molecule has 0 aliphatic carbocycles. The highest BCUT2D eigenvalue weighted by atomic mass is 32.1. The highest BCUT2D eigenvalue weighted by Gasteiger charge is 2.06. The van der Waals surface area contributed by atoms with Gasteiger partial charge in [0.1, 0.15) is 10.8 Å². The Kier molecular flexibility index (Phi) is 5.07. The van der Waals surface area contributed by atoms with Crippen LogP contribution in [0.25, 0.3) is 10.6 Å². The van der Waals surface area contributed by atoms with E-state index in [0.717, 1.165) is 16.3 Å². The molecule has 25 heavy (non-hydrogen) atoms. The van der Waals surface area contributed by atoms with E-state index in [1.807, 2.05) is 42.6 Å². The number of amides is 1. The van der Waals surface area contributed by atoms with Gasteiger partial charge >= 0.3 is 0 Å². The zero-order valence-corrected chi connectivity index (χ0v) is 14.3. The molecule has 3 aromatic rings. The summed E-state index contributed by atoms with van der Waals surface area (Å²) in [6.45, 7) is 1.87. The van der Waals surface area contributed by atoms with Crippen LogP contribution in [0, 0.1) is 18.3 Å². The smallest absolute Gasteiger partial charge is 0.262 e. The topological polar surface area (TPSA) is 75.0 Å². The van der Waals surface area contributed by atoms with Crippen LogP contribution in [-0.4, -0.2) is 17.5 Å². The Bertz CT molecular complexity index is 909. The van der Waals surface area contributed by atoms with Crippen molar-refractivity contribution in [1.29, 1.82) is 5.26 Å². The van der Waals surface area contributed by atoms with E-state index in [-0.39, 0.29) is 12.5 Å². The van der Waals surface area contributed by atoms with Gasteiger partial charge in [0.05, 0.1) is 11.6 Å². The molecule has 0 unspecified atom stereocenters. The number of anilines is 1. The van der Waals surface area contributed by atoms with Gasteiger partial charge in [-0.25, -0.2) is 4.98 Å². The second-order valence-electron chi connectivity index (χ2n) is 5.34. The molecule has 1 aromatic heterocycles. The van der Waals surface area contributed by atoms with Crippen molar-refractivity contribution in [3.63, 3.8) is 0 Å². The summed E-state index contributed by atoms with van der Waals surface area (Å²) in [5, 5.41) is 14.4. The number of hydrogen-bond donors (Lipinski definition) is 1. The molecule has 0 aliphatic rings. The quantitative estimate of drug-likeness (QED) is 0.755. The van der Waals surface area contributed by atoms with Gasteiger partial charge in [-0.1, -0.05) is 0 Å². The first-order valence-corrected chi connectivity index (χ1v) is 8.47. The molecule has 2 aromatic carbocycles. The van der Waals surface area contributed by atoms with E-state index < -0.39 is 0 Å². The Morgan fingerprint density at radius 3 is 2.52 bits per heavy atom.